The summed E-state index contributed by atoms with van der Waals surface area (Å²) in [6.45, 7) is 6.94. The van der Waals surface area contributed by atoms with Crippen LogP contribution in [0.1, 0.15) is 38.7 Å². The minimum Gasteiger partial charge on any atom is -0.444 e. The van der Waals surface area contributed by atoms with Gasteiger partial charge in [0.25, 0.3) is 0 Å². The topological polar surface area (TPSA) is 59.1 Å². The minimum absolute atomic E-state index is 0.262. The van der Waals surface area contributed by atoms with Crippen molar-refractivity contribution in [2.45, 2.75) is 38.7 Å². The first-order valence-corrected chi connectivity index (χ1v) is 9.81. The third-order valence-corrected chi connectivity index (χ3v) is 4.81. The molecule has 1 unspecified atom stereocenters. The highest BCUT2D eigenvalue weighted by Gasteiger charge is 2.30. The summed E-state index contributed by atoms with van der Waals surface area (Å²) in [5.74, 6) is 0.771. The van der Waals surface area contributed by atoms with Gasteiger partial charge < -0.3 is 14.4 Å². The number of ether oxygens (including phenoxy) is 2. The Morgan fingerprint density at radius 1 is 1.03 bits per heavy atom. The van der Waals surface area contributed by atoms with Gasteiger partial charge in [-0.25, -0.2) is 9.59 Å². The summed E-state index contributed by atoms with van der Waals surface area (Å²) in [7, 11) is 1.68. The number of hydrogen-bond acceptors (Lipinski definition) is 4. The van der Waals surface area contributed by atoms with Crippen LogP contribution in [-0.2, 0) is 4.74 Å². The van der Waals surface area contributed by atoms with Crippen LogP contribution in [0.15, 0.2) is 54.6 Å². The number of benzene rings is 2. The second-order valence-corrected chi connectivity index (χ2v) is 8.24. The first-order valence-electron chi connectivity index (χ1n) is 9.81. The molecule has 0 aliphatic carbocycles. The highest BCUT2D eigenvalue weighted by atomic mass is 16.6. The molecule has 1 aliphatic rings. The van der Waals surface area contributed by atoms with E-state index in [1.807, 2.05) is 63.2 Å². The van der Waals surface area contributed by atoms with Crippen molar-refractivity contribution in [1.29, 1.82) is 0 Å². The summed E-state index contributed by atoms with van der Waals surface area (Å²) < 4.78 is 10.8. The van der Waals surface area contributed by atoms with E-state index in [-0.39, 0.29) is 12.0 Å². The van der Waals surface area contributed by atoms with Gasteiger partial charge in [0.15, 0.2) is 0 Å². The van der Waals surface area contributed by atoms with E-state index >= 15 is 0 Å². The van der Waals surface area contributed by atoms with Gasteiger partial charge >= 0.3 is 12.2 Å². The van der Waals surface area contributed by atoms with E-state index in [1.54, 1.807) is 24.1 Å². The van der Waals surface area contributed by atoms with E-state index in [0.717, 1.165) is 17.7 Å². The number of para-hydroxylation sites is 1. The lowest BCUT2D eigenvalue weighted by molar-refractivity contribution is 0.0292. The predicted molar refractivity (Wildman–Crippen MR) is 112 cm³/mol. The highest BCUT2D eigenvalue weighted by molar-refractivity contribution is 5.88. The molecular formula is C23H28N2O4. The molecule has 0 saturated carbocycles. The number of rotatable bonds is 3. The molecule has 2 aromatic rings. The van der Waals surface area contributed by atoms with Gasteiger partial charge in [-0.3, -0.25) is 4.90 Å². The van der Waals surface area contributed by atoms with Crippen molar-refractivity contribution in [1.82, 2.24) is 4.90 Å². The van der Waals surface area contributed by atoms with Crippen molar-refractivity contribution in [3.05, 3.63) is 60.2 Å². The quantitative estimate of drug-likeness (QED) is 0.729. The molecule has 0 radical (unpaired) electrons. The maximum absolute atomic E-state index is 12.3. The standard InChI is InChI=1S/C23H28N2O4/c1-23(2,3)29-22(27)25-15-14-18(16-25)17-10-12-19(13-11-17)24(4)21(26)28-20-8-6-5-7-9-20/h5-13,18H,14-16H2,1-4H3. The van der Waals surface area contributed by atoms with Gasteiger partial charge in [0.1, 0.15) is 11.4 Å². The van der Waals surface area contributed by atoms with Crippen molar-refractivity contribution in [3.8, 4) is 5.75 Å². The van der Waals surface area contributed by atoms with Gasteiger partial charge in [0, 0.05) is 31.7 Å². The van der Waals surface area contributed by atoms with Gasteiger partial charge in [0.05, 0.1) is 0 Å². The summed E-state index contributed by atoms with van der Waals surface area (Å²) in [6, 6.07) is 16.8. The van der Waals surface area contributed by atoms with Crippen LogP contribution in [0, 0.1) is 0 Å². The lowest BCUT2D eigenvalue weighted by Gasteiger charge is -2.24. The smallest absolute Gasteiger partial charge is 0.419 e. The van der Waals surface area contributed by atoms with Crippen LogP contribution in [-0.4, -0.2) is 42.8 Å². The molecule has 1 fully saturated rings. The van der Waals surface area contributed by atoms with E-state index in [9.17, 15) is 9.59 Å². The van der Waals surface area contributed by atoms with Crippen molar-refractivity contribution in [2.75, 3.05) is 25.0 Å². The number of amides is 2. The van der Waals surface area contributed by atoms with E-state index < -0.39 is 11.7 Å². The maximum Gasteiger partial charge on any atom is 0.419 e. The van der Waals surface area contributed by atoms with E-state index in [0.29, 0.717) is 18.8 Å². The molecule has 154 valence electrons. The molecule has 6 heteroatoms. The summed E-state index contributed by atoms with van der Waals surface area (Å²) in [5, 5.41) is 0. The van der Waals surface area contributed by atoms with Gasteiger partial charge in [-0.05, 0) is 57.0 Å². The molecular weight excluding hydrogens is 368 g/mol. The Morgan fingerprint density at radius 2 is 1.69 bits per heavy atom. The Hall–Kier alpha value is -3.02. The summed E-state index contributed by atoms with van der Waals surface area (Å²) in [6.07, 6.45) is 0.186. The molecule has 1 saturated heterocycles. The fourth-order valence-electron chi connectivity index (χ4n) is 3.26. The Morgan fingerprint density at radius 3 is 2.31 bits per heavy atom. The minimum atomic E-state index is -0.490. The van der Waals surface area contributed by atoms with Crippen LogP contribution < -0.4 is 9.64 Å². The third kappa shape index (κ3) is 5.50. The predicted octanol–water partition coefficient (Wildman–Crippen LogP) is 5.05. The SMILES string of the molecule is CN(C(=O)Oc1ccccc1)c1ccc(C2CCN(C(=O)OC(C)(C)C)C2)cc1. The lowest BCUT2D eigenvalue weighted by atomic mass is 9.98. The largest absolute Gasteiger partial charge is 0.444 e. The zero-order valence-corrected chi connectivity index (χ0v) is 17.4. The van der Waals surface area contributed by atoms with Gasteiger partial charge in [-0.1, -0.05) is 30.3 Å². The third-order valence-electron chi connectivity index (χ3n) is 4.81. The maximum atomic E-state index is 12.3. The fraction of sp³-hybridized carbons (Fsp3) is 0.391. The molecule has 2 aromatic carbocycles. The molecule has 1 atom stereocenters. The number of anilines is 1. The second-order valence-electron chi connectivity index (χ2n) is 8.24. The van der Waals surface area contributed by atoms with Gasteiger partial charge in [-0.2, -0.15) is 0 Å². The molecule has 29 heavy (non-hydrogen) atoms. The first-order chi connectivity index (χ1) is 13.7. The molecule has 2 amide bonds. The molecule has 3 rings (SSSR count). The van der Waals surface area contributed by atoms with Crippen molar-refractivity contribution >= 4 is 17.9 Å². The van der Waals surface area contributed by atoms with E-state index in [2.05, 4.69) is 0 Å². The fourth-order valence-corrected chi connectivity index (χ4v) is 3.26. The Labute approximate surface area is 172 Å². The average Bonchev–Trinajstić information content (AvgIpc) is 3.17. The Bertz CT molecular complexity index is 843. The Kier molecular flexibility index (Phi) is 6.11. The zero-order valence-electron chi connectivity index (χ0n) is 17.4. The van der Waals surface area contributed by atoms with Crippen molar-refractivity contribution < 1.29 is 19.1 Å². The van der Waals surface area contributed by atoms with Crippen LogP contribution in [0.4, 0.5) is 15.3 Å². The molecule has 0 bridgehead atoms. The number of likely N-dealkylation sites (tertiary alicyclic amines) is 1. The van der Waals surface area contributed by atoms with E-state index in [4.69, 9.17) is 9.47 Å². The summed E-state index contributed by atoms with van der Waals surface area (Å²) >= 11 is 0. The number of hydrogen-bond donors (Lipinski definition) is 0. The Balaban J connectivity index is 1.59. The summed E-state index contributed by atoms with van der Waals surface area (Å²) in [5.41, 5.74) is 1.40. The normalized spacial score (nSPS) is 16.4. The number of nitrogens with zero attached hydrogens (tertiary/aromatic N) is 2. The van der Waals surface area contributed by atoms with Crippen molar-refractivity contribution in [3.63, 3.8) is 0 Å². The molecule has 6 nitrogen and oxygen atoms in total. The van der Waals surface area contributed by atoms with Gasteiger partial charge in [0.2, 0.25) is 0 Å². The molecule has 0 spiro atoms. The van der Waals surface area contributed by atoms with E-state index in [1.165, 1.54) is 4.90 Å². The molecule has 0 aromatic heterocycles. The highest BCUT2D eigenvalue weighted by Crippen LogP contribution is 2.29. The molecule has 1 heterocycles. The molecule has 1 aliphatic heterocycles. The summed E-state index contributed by atoms with van der Waals surface area (Å²) in [4.78, 5) is 27.8. The van der Waals surface area contributed by atoms with Crippen molar-refractivity contribution in [2.24, 2.45) is 0 Å². The number of carbonyl (C=O) groups excluding carboxylic acids is 2. The van der Waals surface area contributed by atoms with Crippen LogP contribution >= 0.6 is 0 Å². The first kappa shape index (κ1) is 20.7. The zero-order chi connectivity index (χ0) is 21.0. The second kappa shape index (κ2) is 8.55. The monoisotopic (exact) mass is 396 g/mol. The van der Waals surface area contributed by atoms with Crippen LogP contribution in [0.25, 0.3) is 0 Å². The van der Waals surface area contributed by atoms with Crippen LogP contribution in [0.3, 0.4) is 0 Å². The number of carbonyl (C=O) groups is 2. The van der Waals surface area contributed by atoms with Crippen LogP contribution in [0.2, 0.25) is 0 Å². The lowest BCUT2D eigenvalue weighted by Crippen LogP contribution is -2.35. The van der Waals surface area contributed by atoms with Crippen LogP contribution in [0.5, 0.6) is 5.75 Å². The van der Waals surface area contributed by atoms with Gasteiger partial charge in [-0.15, -0.1) is 0 Å². The average molecular weight is 396 g/mol. The molecule has 0 N–H and O–H groups in total.